The molecule has 7 heteroatoms. The van der Waals surface area contributed by atoms with Gasteiger partial charge in [0.1, 0.15) is 11.3 Å². The fourth-order valence-electron chi connectivity index (χ4n) is 3.20. The van der Waals surface area contributed by atoms with Gasteiger partial charge in [-0.15, -0.1) is 0 Å². The van der Waals surface area contributed by atoms with Crippen molar-refractivity contribution >= 4 is 34.8 Å². The fraction of sp³-hybridized carbons (Fsp3) is 0.150. The second kappa shape index (κ2) is 6.60. The third kappa shape index (κ3) is 2.93. The predicted octanol–water partition coefficient (Wildman–Crippen LogP) is 2.92. The Morgan fingerprint density at radius 3 is 2.67 bits per heavy atom. The summed E-state index contributed by atoms with van der Waals surface area (Å²) in [6, 6.07) is 10.3. The molecule has 0 atom stereocenters. The number of nitrogens with one attached hydrogen (secondary N) is 1. The Labute approximate surface area is 154 Å². The first-order valence-corrected chi connectivity index (χ1v) is 8.57. The lowest BCUT2D eigenvalue weighted by Gasteiger charge is -2.25. The number of urea groups is 1. The van der Waals surface area contributed by atoms with Gasteiger partial charge in [0, 0.05) is 29.2 Å². The minimum atomic E-state index is -0.755. The molecular weight excluding hydrogens is 346 g/mol. The maximum absolute atomic E-state index is 12.8. The highest BCUT2D eigenvalue weighted by Crippen LogP contribution is 2.25. The maximum Gasteiger partial charge on any atom is 0.331 e. The lowest BCUT2D eigenvalue weighted by atomic mass is 10.1. The first kappa shape index (κ1) is 16.8. The molecule has 4 rings (SSSR count). The number of imide groups is 2. The van der Waals surface area contributed by atoms with Crippen molar-refractivity contribution in [3.63, 3.8) is 0 Å². The summed E-state index contributed by atoms with van der Waals surface area (Å²) in [6.45, 7) is 2.73. The van der Waals surface area contributed by atoms with E-state index in [1.54, 1.807) is 12.1 Å². The number of carbonyl (C=O) groups excluding carboxylic acids is 3. The maximum atomic E-state index is 12.8. The molecule has 1 saturated heterocycles. The third-order valence-electron chi connectivity index (χ3n) is 4.54. The van der Waals surface area contributed by atoms with Gasteiger partial charge < -0.3 is 8.98 Å². The molecule has 1 fully saturated rings. The van der Waals surface area contributed by atoms with Crippen molar-refractivity contribution in [3.05, 3.63) is 65.8 Å². The first-order valence-electron chi connectivity index (χ1n) is 8.57. The number of aryl methyl sites for hydroxylation is 1. The Hall–Kier alpha value is -3.61. The van der Waals surface area contributed by atoms with Gasteiger partial charge in [0.05, 0.1) is 12.8 Å². The van der Waals surface area contributed by atoms with Gasteiger partial charge in [-0.25, -0.2) is 4.79 Å². The summed E-state index contributed by atoms with van der Waals surface area (Å²) in [4.78, 5) is 38.2. The van der Waals surface area contributed by atoms with E-state index in [-0.39, 0.29) is 12.1 Å². The summed E-state index contributed by atoms with van der Waals surface area (Å²) >= 11 is 0. The molecule has 0 aliphatic carbocycles. The molecule has 0 spiro atoms. The molecule has 0 bridgehead atoms. The van der Waals surface area contributed by atoms with Gasteiger partial charge in [0.15, 0.2) is 0 Å². The molecular formula is C20H17N3O4. The molecule has 4 amide bonds. The van der Waals surface area contributed by atoms with Gasteiger partial charge in [0.25, 0.3) is 11.8 Å². The topological polar surface area (TPSA) is 84.6 Å². The predicted molar refractivity (Wildman–Crippen MR) is 98.4 cm³/mol. The van der Waals surface area contributed by atoms with Crippen LogP contribution in [0.4, 0.5) is 4.79 Å². The van der Waals surface area contributed by atoms with E-state index in [2.05, 4.69) is 5.32 Å². The van der Waals surface area contributed by atoms with E-state index in [0.29, 0.717) is 5.76 Å². The van der Waals surface area contributed by atoms with Gasteiger partial charge >= 0.3 is 6.03 Å². The number of fused-ring (bicyclic) bond motifs is 1. The van der Waals surface area contributed by atoms with Gasteiger partial charge in [0.2, 0.25) is 0 Å². The number of amides is 4. The lowest BCUT2D eigenvalue weighted by molar-refractivity contribution is -0.130. The number of para-hydroxylation sites is 1. The van der Waals surface area contributed by atoms with Gasteiger partial charge in [-0.3, -0.25) is 19.8 Å². The van der Waals surface area contributed by atoms with Crippen molar-refractivity contribution in [2.45, 2.75) is 20.0 Å². The van der Waals surface area contributed by atoms with Crippen LogP contribution in [0.3, 0.4) is 0 Å². The van der Waals surface area contributed by atoms with Gasteiger partial charge in [-0.2, -0.15) is 0 Å². The van der Waals surface area contributed by atoms with Crippen LogP contribution in [0.5, 0.6) is 0 Å². The monoisotopic (exact) mass is 363 g/mol. The molecule has 0 saturated carbocycles. The molecule has 1 aromatic carbocycles. The number of furan rings is 1. The van der Waals surface area contributed by atoms with E-state index in [4.69, 9.17) is 4.42 Å². The highest BCUT2D eigenvalue weighted by molar-refractivity contribution is 6.31. The standard InChI is InChI=1S/C20H17N3O4/c1-2-22-11-13(15-7-3-4-8-17(15)22)10-16-18(24)21-20(26)23(19(16)25)12-14-6-5-9-27-14/h3-11H,2,12H2,1H3,(H,21,24,26)/b16-10+. The number of hydrogen-bond donors (Lipinski definition) is 1. The van der Waals surface area contributed by atoms with Gasteiger partial charge in [-0.1, -0.05) is 18.2 Å². The second-order valence-electron chi connectivity index (χ2n) is 6.18. The van der Waals surface area contributed by atoms with Crippen LogP contribution in [-0.2, 0) is 22.7 Å². The number of benzene rings is 1. The molecule has 0 unspecified atom stereocenters. The molecule has 2 aromatic heterocycles. The Morgan fingerprint density at radius 1 is 1.11 bits per heavy atom. The Bertz CT molecular complexity index is 1080. The van der Waals surface area contributed by atoms with Crippen LogP contribution in [0.2, 0.25) is 0 Å². The van der Waals surface area contributed by atoms with E-state index < -0.39 is 17.8 Å². The molecule has 1 aliphatic rings. The van der Waals surface area contributed by atoms with E-state index >= 15 is 0 Å². The minimum Gasteiger partial charge on any atom is -0.467 e. The van der Waals surface area contributed by atoms with Crippen LogP contribution in [0.25, 0.3) is 17.0 Å². The van der Waals surface area contributed by atoms with E-state index in [0.717, 1.165) is 27.9 Å². The van der Waals surface area contributed by atoms with Crippen LogP contribution < -0.4 is 5.32 Å². The molecule has 27 heavy (non-hydrogen) atoms. The van der Waals surface area contributed by atoms with Crippen molar-refractivity contribution in [1.82, 2.24) is 14.8 Å². The van der Waals surface area contributed by atoms with Crippen LogP contribution in [0, 0.1) is 0 Å². The summed E-state index contributed by atoms with van der Waals surface area (Å²) in [5.41, 5.74) is 1.68. The summed E-state index contributed by atoms with van der Waals surface area (Å²) in [6.07, 6.45) is 4.89. The summed E-state index contributed by atoms with van der Waals surface area (Å²) in [5, 5.41) is 3.15. The summed E-state index contributed by atoms with van der Waals surface area (Å²) < 4.78 is 7.25. The van der Waals surface area contributed by atoms with Crippen LogP contribution in [-0.4, -0.2) is 27.3 Å². The number of aromatic nitrogens is 1. The number of barbiturate groups is 1. The minimum absolute atomic E-state index is 0.0427. The zero-order chi connectivity index (χ0) is 19.0. The van der Waals surface area contributed by atoms with Crippen LogP contribution in [0.1, 0.15) is 18.2 Å². The molecule has 3 aromatic rings. The number of rotatable bonds is 4. The Morgan fingerprint density at radius 2 is 1.93 bits per heavy atom. The number of hydrogen-bond acceptors (Lipinski definition) is 4. The smallest absolute Gasteiger partial charge is 0.331 e. The Balaban J connectivity index is 1.74. The number of carbonyl (C=O) groups is 3. The van der Waals surface area contributed by atoms with Crippen LogP contribution >= 0.6 is 0 Å². The average molecular weight is 363 g/mol. The molecule has 1 aliphatic heterocycles. The van der Waals surface area contributed by atoms with E-state index in [1.165, 1.54) is 12.3 Å². The van der Waals surface area contributed by atoms with Crippen molar-refractivity contribution in [2.75, 3.05) is 0 Å². The fourth-order valence-corrected chi connectivity index (χ4v) is 3.20. The second-order valence-corrected chi connectivity index (χ2v) is 6.18. The van der Waals surface area contributed by atoms with E-state index in [1.807, 2.05) is 42.0 Å². The highest BCUT2D eigenvalue weighted by Gasteiger charge is 2.36. The molecule has 7 nitrogen and oxygen atoms in total. The molecule has 3 heterocycles. The van der Waals surface area contributed by atoms with Crippen molar-refractivity contribution in [1.29, 1.82) is 0 Å². The first-order chi connectivity index (χ1) is 13.1. The Kier molecular flexibility index (Phi) is 4.12. The van der Waals surface area contributed by atoms with Crippen molar-refractivity contribution in [3.8, 4) is 0 Å². The third-order valence-corrected chi connectivity index (χ3v) is 4.54. The highest BCUT2D eigenvalue weighted by atomic mass is 16.3. The molecule has 0 radical (unpaired) electrons. The van der Waals surface area contributed by atoms with Crippen molar-refractivity contribution in [2.24, 2.45) is 0 Å². The molecule has 1 N–H and O–H groups in total. The zero-order valence-corrected chi connectivity index (χ0v) is 14.6. The average Bonchev–Trinajstić information content (AvgIpc) is 3.30. The summed E-state index contributed by atoms with van der Waals surface area (Å²) in [7, 11) is 0. The van der Waals surface area contributed by atoms with Crippen LogP contribution in [0.15, 0.2) is 58.8 Å². The summed E-state index contributed by atoms with van der Waals surface area (Å²) in [5.74, 6) is -0.891. The number of nitrogens with zero attached hydrogens (tertiary/aromatic N) is 2. The molecule has 136 valence electrons. The largest absolute Gasteiger partial charge is 0.467 e. The lowest BCUT2D eigenvalue weighted by Crippen LogP contribution is -2.53. The van der Waals surface area contributed by atoms with E-state index in [9.17, 15) is 14.4 Å². The zero-order valence-electron chi connectivity index (χ0n) is 14.6. The normalized spacial score (nSPS) is 16.4. The quantitative estimate of drug-likeness (QED) is 0.571. The van der Waals surface area contributed by atoms with Crippen molar-refractivity contribution < 1.29 is 18.8 Å². The van der Waals surface area contributed by atoms with Gasteiger partial charge in [-0.05, 0) is 31.2 Å². The SMILES string of the molecule is CCn1cc(/C=C2\C(=O)NC(=O)N(Cc3ccco3)C2=O)c2ccccc21.